The van der Waals surface area contributed by atoms with Crippen molar-refractivity contribution in [2.45, 2.75) is 13.3 Å². The van der Waals surface area contributed by atoms with Gasteiger partial charge in [0.1, 0.15) is 11.7 Å². The summed E-state index contributed by atoms with van der Waals surface area (Å²) in [5, 5.41) is 7.49. The molecular formula is C13H23N5. The standard InChI is InChI=1S/C13H23N5/c1-10-8-11(13(14)15)9-12(16-10)18(4)7-5-6-17(2)3/h8-9H,5-7H2,1-4H3,(H3,14,15). The van der Waals surface area contributed by atoms with Crippen LogP contribution in [0.15, 0.2) is 12.1 Å². The maximum atomic E-state index is 7.49. The Morgan fingerprint density at radius 2 is 1.94 bits per heavy atom. The molecule has 18 heavy (non-hydrogen) atoms. The Labute approximate surface area is 109 Å². The van der Waals surface area contributed by atoms with E-state index in [-0.39, 0.29) is 5.84 Å². The number of nitrogens with zero attached hydrogens (tertiary/aromatic N) is 3. The number of aromatic nitrogens is 1. The third-order valence-corrected chi connectivity index (χ3v) is 2.74. The number of rotatable bonds is 6. The van der Waals surface area contributed by atoms with Crippen molar-refractivity contribution in [1.29, 1.82) is 5.41 Å². The lowest BCUT2D eigenvalue weighted by molar-refractivity contribution is 0.401. The molecule has 0 aliphatic rings. The molecule has 5 nitrogen and oxygen atoms in total. The molecule has 1 aromatic rings. The van der Waals surface area contributed by atoms with Crippen LogP contribution in [0.3, 0.4) is 0 Å². The summed E-state index contributed by atoms with van der Waals surface area (Å²) >= 11 is 0. The van der Waals surface area contributed by atoms with Crippen molar-refractivity contribution in [3.05, 3.63) is 23.4 Å². The lowest BCUT2D eigenvalue weighted by Gasteiger charge is -2.20. The Morgan fingerprint density at radius 1 is 1.28 bits per heavy atom. The zero-order valence-corrected chi connectivity index (χ0v) is 11.7. The van der Waals surface area contributed by atoms with E-state index in [2.05, 4.69) is 28.9 Å². The minimum atomic E-state index is 0.0865. The largest absolute Gasteiger partial charge is 0.384 e. The summed E-state index contributed by atoms with van der Waals surface area (Å²) in [6, 6.07) is 3.70. The molecule has 0 radical (unpaired) electrons. The third-order valence-electron chi connectivity index (χ3n) is 2.74. The lowest BCUT2D eigenvalue weighted by Crippen LogP contribution is -2.24. The Hall–Kier alpha value is -1.62. The SMILES string of the molecule is Cc1cc(C(=N)N)cc(N(C)CCCN(C)C)n1. The molecule has 100 valence electrons. The second-order valence-electron chi connectivity index (χ2n) is 4.85. The van der Waals surface area contributed by atoms with E-state index >= 15 is 0 Å². The van der Waals surface area contributed by atoms with Gasteiger partial charge in [0.15, 0.2) is 0 Å². The van der Waals surface area contributed by atoms with Gasteiger partial charge in [0.25, 0.3) is 0 Å². The first-order valence-electron chi connectivity index (χ1n) is 6.09. The van der Waals surface area contributed by atoms with Crippen LogP contribution in [0.4, 0.5) is 5.82 Å². The Kier molecular flexibility index (Phi) is 5.09. The van der Waals surface area contributed by atoms with E-state index in [0.29, 0.717) is 0 Å². The normalized spacial score (nSPS) is 10.7. The summed E-state index contributed by atoms with van der Waals surface area (Å²) in [7, 11) is 6.15. The molecule has 0 bridgehead atoms. The molecule has 0 saturated heterocycles. The van der Waals surface area contributed by atoms with Crippen LogP contribution in [0, 0.1) is 12.3 Å². The molecule has 0 fully saturated rings. The van der Waals surface area contributed by atoms with Crippen LogP contribution >= 0.6 is 0 Å². The van der Waals surface area contributed by atoms with Crippen LogP contribution in [-0.2, 0) is 0 Å². The molecule has 1 rings (SSSR count). The van der Waals surface area contributed by atoms with Crippen molar-refractivity contribution in [2.75, 3.05) is 39.1 Å². The van der Waals surface area contributed by atoms with E-state index in [9.17, 15) is 0 Å². The summed E-state index contributed by atoms with van der Waals surface area (Å²) in [5.74, 6) is 0.961. The molecule has 0 aliphatic heterocycles. The molecule has 0 amide bonds. The van der Waals surface area contributed by atoms with E-state index < -0.39 is 0 Å². The van der Waals surface area contributed by atoms with Crippen molar-refractivity contribution < 1.29 is 0 Å². The average Bonchev–Trinajstić information content (AvgIpc) is 2.27. The van der Waals surface area contributed by atoms with E-state index in [1.165, 1.54) is 0 Å². The number of nitrogen functional groups attached to an aromatic ring is 1. The zero-order valence-electron chi connectivity index (χ0n) is 11.7. The molecule has 1 heterocycles. The molecule has 0 saturated carbocycles. The fourth-order valence-corrected chi connectivity index (χ4v) is 1.74. The van der Waals surface area contributed by atoms with E-state index in [1.54, 1.807) is 0 Å². The molecular weight excluding hydrogens is 226 g/mol. The predicted octanol–water partition coefficient (Wildman–Crippen LogP) is 1.06. The first-order chi connectivity index (χ1) is 8.40. The summed E-state index contributed by atoms with van der Waals surface area (Å²) in [6.07, 6.45) is 1.08. The van der Waals surface area contributed by atoms with Crippen molar-refractivity contribution in [3.63, 3.8) is 0 Å². The summed E-state index contributed by atoms with van der Waals surface area (Å²) in [4.78, 5) is 8.74. The number of hydrogen-bond acceptors (Lipinski definition) is 4. The van der Waals surface area contributed by atoms with Gasteiger partial charge in [-0.25, -0.2) is 4.98 Å². The highest BCUT2D eigenvalue weighted by Gasteiger charge is 2.07. The molecule has 0 aromatic carbocycles. The topological polar surface area (TPSA) is 69.2 Å². The quantitative estimate of drug-likeness (QED) is 0.584. The Morgan fingerprint density at radius 3 is 2.50 bits per heavy atom. The molecule has 0 aliphatic carbocycles. The van der Waals surface area contributed by atoms with Gasteiger partial charge in [-0.1, -0.05) is 0 Å². The summed E-state index contributed by atoms with van der Waals surface area (Å²) in [5.41, 5.74) is 7.14. The van der Waals surface area contributed by atoms with Crippen LogP contribution in [0.25, 0.3) is 0 Å². The van der Waals surface area contributed by atoms with Crippen molar-refractivity contribution in [1.82, 2.24) is 9.88 Å². The maximum absolute atomic E-state index is 7.49. The van der Waals surface area contributed by atoms with Gasteiger partial charge in [0.05, 0.1) is 0 Å². The van der Waals surface area contributed by atoms with Gasteiger partial charge in [-0.15, -0.1) is 0 Å². The molecule has 0 atom stereocenters. The number of aryl methyl sites for hydroxylation is 1. The van der Waals surface area contributed by atoms with Crippen molar-refractivity contribution >= 4 is 11.7 Å². The van der Waals surface area contributed by atoms with Gasteiger partial charge in [0.2, 0.25) is 0 Å². The van der Waals surface area contributed by atoms with E-state index in [1.807, 2.05) is 26.1 Å². The maximum Gasteiger partial charge on any atom is 0.129 e. The first kappa shape index (κ1) is 14.4. The fourth-order valence-electron chi connectivity index (χ4n) is 1.74. The molecule has 3 N–H and O–H groups in total. The van der Waals surface area contributed by atoms with Crippen LogP contribution < -0.4 is 10.6 Å². The number of amidine groups is 1. The average molecular weight is 249 g/mol. The van der Waals surface area contributed by atoms with E-state index in [0.717, 1.165) is 36.6 Å². The zero-order chi connectivity index (χ0) is 13.7. The first-order valence-corrected chi connectivity index (χ1v) is 6.09. The summed E-state index contributed by atoms with van der Waals surface area (Å²) < 4.78 is 0. The number of hydrogen-bond donors (Lipinski definition) is 2. The van der Waals surface area contributed by atoms with Crippen molar-refractivity contribution in [3.8, 4) is 0 Å². The molecule has 0 unspecified atom stereocenters. The minimum absolute atomic E-state index is 0.0865. The van der Waals surface area contributed by atoms with Crippen LogP contribution in [-0.4, -0.2) is 50.0 Å². The Balaban J connectivity index is 2.73. The van der Waals surface area contributed by atoms with Crippen LogP contribution in [0.2, 0.25) is 0 Å². The van der Waals surface area contributed by atoms with Crippen molar-refractivity contribution in [2.24, 2.45) is 5.73 Å². The number of nitrogens with two attached hydrogens (primary N) is 1. The molecule has 0 spiro atoms. The molecule has 1 aromatic heterocycles. The van der Waals surface area contributed by atoms with Crippen LogP contribution in [0.1, 0.15) is 17.7 Å². The number of anilines is 1. The predicted molar refractivity (Wildman–Crippen MR) is 76.4 cm³/mol. The van der Waals surface area contributed by atoms with Gasteiger partial charge < -0.3 is 15.5 Å². The number of pyridine rings is 1. The second kappa shape index (κ2) is 6.35. The highest BCUT2D eigenvalue weighted by atomic mass is 15.2. The Bertz CT molecular complexity index is 414. The van der Waals surface area contributed by atoms with Gasteiger partial charge in [-0.05, 0) is 46.1 Å². The minimum Gasteiger partial charge on any atom is -0.384 e. The second-order valence-corrected chi connectivity index (χ2v) is 4.85. The third kappa shape index (κ3) is 4.33. The monoisotopic (exact) mass is 249 g/mol. The highest BCUT2D eigenvalue weighted by Crippen LogP contribution is 2.13. The summed E-state index contributed by atoms with van der Waals surface area (Å²) in [6.45, 7) is 3.91. The van der Waals surface area contributed by atoms with Gasteiger partial charge >= 0.3 is 0 Å². The smallest absolute Gasteiger partial charge is 0.129 e. The van der Waals surface area contributed by atoms with Gasteiger partial charge in [-0.2, -0.15) is 0 Å². The lowest BCUT2D eigenvalue weighted by atomic mass is 10.2. The van der Waals surface area contributed by atoms with Gasteiger partial charge in [0, 0.05) is 24.8 Å². The highest BCUT2D eigenvalue weighted by molar-refractivity contribution is 5.95. The molecule has 5 heteroatoms. The number of nitrogens with one attached hydrogen (secondary N) is 1. The van der Waals surface area contributed by atoms with E-state index in [4.69, 9.17) is 11.1 Å². The van der Waals surface area contributed by atoms with Gasteiger partial charge in [-0.3, -0.25) is 5.41 Å². The fraction of sp³-hybridized carbons (Fsp3) is 0.538. The van der Waals surface area contributed by atoms with Crippen LogP contribution in [0.5, 0.6) is 0 Å².